The summed E-state index contributed by atoms with van der Waals surface area (Å²) in [7, 11) is 0. The van der Waals surface area contributed by atoms with Crippen molar-refractivity contribution in [2.24, 2.45) is 11.7 Å². The lowest BCUT2D eigenvalue weighted by Crippen LogP contribution is -2.51. The lowest BCUT2D eigenvalue weighted by Gasteiger charge is -2.36. The van der Waals surface area contributed by atoms with Gasteiger partial charge in [-0.2, -0.15) is 0 Å². The molecule has 0 aliphatic carbocycles. The van der Waals surface area contributed by atoms with E-state index in [1.165, 1.54) is 0 Å². The Bertz CT molecular complexity index is 260. The van der Waals surface area contributed by atoms with Crippen LogP contribution >= 0.6 is 0 Å². The first-order valence-corrected chi connectivity index (χ1v) is 7.53. The summed E-state index contributed by atoms with van der Waals surface area (Å²) in [5.74, 6) is 0.817. The van der Waals surface area contributed by atoms with Gasteiger partial charge in [0, 0.05) is 45.8 Å². The Morgan fingerprint density at radius 3 is 2.16 bits per heavy atom. The van der Waals surface area contributed by atoms with Crippen LogP contribution in [0.3, 0.4) is 0 Å². The average molecular weight is 270 g/mol. The number of nitrogens with zero attached hydrogens (tertiary/aromatic N) is 3. The van der Waals surface area contributed by atoms with E-state index in [0.717, 1.165) is 52.4 Å². The van der Waals surface area contributed by atoms with Crippen LogP contribution in [0.25, 0.3) is 0 Å². The van der Waals surface area contributed by atoms with E-state index in [1.54, 1.807) is 0 Å². The first-order chi connectivity index (χ1) is 9.10. The fourth-order valence-electron chi connectivity index (χ4n) is 2.51. The first-order valence-electron chi connectivity index (χ1n) is 7.53. The lowest BCUT2D eigenvalue weighted by molar-refractivity contribution is -0.132. The van der Waals surface area contributed by atoms with Gasteiger partial charge in [-0.05, 0) is 26.3 Å². The minimum atomic E-state index is 0.258. The Morgan fingerprint density at radius 2 is 1.68 bits per heavy atom. The van der Waals surface area contributed by atoms with E-state index < -0.39 is 0 Å². The number of rotatable bonds is 7. The third-order valence-electron chi connectivity index (χ3n) is 3.91. The molecule has 0 aromatic rings. The zero-order valence-corrected chi connectivity index (χ0v) is 12.8. The molecule has 19 heavy (non-hydrogen) atoms. The molecule has 1 atom stereocenters. The number of carbonyl (C=O) groups excluding carboxylic acids is 1. The van der Waals surface area contributed by atoms with Crippen molar-refractivity contribution in [1.82, 2.24) is 14.7 Å². The lowest BCUT2D eigenvalue weighted by atomic mass is 10.1. The molecule has 1 unspecified atom stereocenters. The molecule has 2 N–H and O–H groups in total. The standard InChI is InChI=1S/C14H30N4O/c1-4-18(5-2)14(19)12-17-8-6-16(7-9-17)11-13(3)10-15/h13H,4-12,15H2,1-3H3. The van der Waals surface area contributed by atoms with Crippen LogP contribution in [0.5, 0.6) is 0 Å². The van der Waals surface area contributed by atoms with Crippen LogP contribution in [0.15, 0.2) is 0 Å². The minimum Gasteiger partial charge on any atom is -0.342 e. The van der Waals surface area contributed by atoms with Gasteiger partial charge in [0.15, 0.2) is 0 Å². The van der Waals surface area contributed by atoms with Crippen LogP contribution in [0.4, 0.5) is 0 Å². The van der Waals surface area contributed by atoms with E-state index in [1.807, 2.05) is 18.7 Å². The molecule has 0 spiro atoms. The van der Waals surface area contributed by atoms with Gasteiger partial charge in [0.2, 0.25) is 5.91 Å². The maximum Gasteiger partial charge on any atom is 0.236 e. The van der Waals surface area contributed by atoms with E-state index in [4.69, 9.17) is 5.73 Å². The van der Waals surface area contributed by atoms with Crippen molar-refractivity contribution in [3.05, 3.63) is 0 Å². The van der Waals surface area contributed by atoms with E-state index in [0.29, 0.717) is 12.5 Å². The molecular weight excluding hydrogens is 240 g/mol. The summed E-state index contributed by atoms with van der Waals surface area (Å²) >= 11 is 0. The van der Waals surface area contributed by atoms with Crippen LogP contribution in [0.2, 0.25) is 0 Å². The predicted molar refractivity (Wildman–Crippen MR) is 79.0 cm³/mol. The molecular formula is C14H30N4O. The highest BCUT2D eigenvalue weighted by molar-refractivity contribution is 5.78. The van der Waals surface area contributed by atoms with Crippen LogP contribution in [-0.2, 0) is 4.79 Å². The number of nitrogens with two attached hydrogens (primary N) is 1. The Hall–Kier alpha value is -0.650. The number of carbonyl (C=O) groups is 1. The molecule has 1 fully saturated rings. The smallest absolute Gasteiger partial charge is 0.236 e. The molecule has 0 aromatic heterocycles. The van der Waals surface area contributed by atoms with E-state index >= 15 is 0 Å². The van der Waals surface area contributed by atoms with E-state index in [2.05, 4.69) is 16.7 Å². The van der Waals surface area contributed by atoms with Crippen LogP contribution < -0.4 is 5.73 Å². The molecule has 0 bridgehead atoms. The minimum absolute atomic E-state index is 0.258. The van der Waals surface area contributed by atoms with Crippen molar-refractivity contribution < 1.29 is 4.79 Å². The summed E-state index contributed by atoms with van der Waals surface area (Å²) in [6, 6.07) is 0. The molecule has 0 saturated carbocycles. The second-order valence-electron chi connectivity index (χ2n) is 5.48. The number of piperazine rings is 1. The summed E-state index contributed by atoms with van der Waals surface area (Å²) in [6.45, 7) is 14.4. The summed E-state index contributed by atoms with van der Waals surface area (Å²) in [5.41, 5.74) is 5.66. The third-order valence-corrected chi connectivity index (χ3v) is 3.91. The van der Waals surface area contributed by atoms with E-state index in [-0.39, 0.29) is 5.91 Å². The van der Waals surface area contributed by atoms with Gasteiger partial charge in [0.05, 0.1) is 6.54 Å². The maximum absolute atomic E-state index is 12.0. The Balaban J connectivity index is 2.28. The van der Waals surface area contributed by atoms with Gasteiger partial charge in [-0.25, -0.2) is 0 Å². The van der Waals surface area contributed by atoms with Crippen LogP contribution in [0.1, 0.15) is 20.8 Å². The molecule has 1 aliphatic rings. The maximum atomic E-state index is 12.0. The number of hydrogen-bond donors (Lipinski definition) is 1. The Labute approximate surface area is 117 Å². The van der Waals surface area contributed by atoms with Crippen molar-refractivity contribution in [3.8, 4) is 0 Å². The molecule has 112 valence electrons. The normalized spacial score (nSPS) is 19.4. The summed E-state index contributed by atoms with van der Waals surface area (Å²) in [6.07, 6.45) is 0. The molecule has 0 aromatic carbocycles. The van der Waals surface area contributed by atoms with Crippen molar-refractivity contribution in [2.75, 3.05) is 58.9 Å². The molecule has 5 nitrogen and oxygen atoms in total. The van der Waals surface area contributed by atoms with Gasteiger partial charge < -0.3 is 15.5 Å². The molecule has 0 radical (unpaired) electrons. The van der Waals surface area contributed by atoms with Gasteiger partial charge >= 0.3 is 0 Å². The Kier molecular flexibility index (Phi) is 7.34. The molecule has 1 saturated heterocycles. The molecule has 5 heteroatoms. The highest BCUT2D eigenvalue weighted by Crippen LogP contribution is 2.05. The average Bonchev–Trinajstić information content (AvgIpc) is 2.42. The highest BCUT2D eigenvalue weighted by atomic mass is 16.2. The van der Waals surface area contributed by atoms with Crippen LogP contribution in [-0.4, -0.2) is 79.5 Å². The van der Waals surface area contributed by atoms with E-state index in [9.17, 15) is 4.79 Å². The topological polar surface area (TPSA) is 52.8 Å². The second-order valence-corrected chi connectivity index (χ2v) is 5.48. The quantitative estimate of drug-likeness (QED) is 0.711. The molecule has 1 rings (SSSR count). The Morgan fingerprint density at radius 1 is 1.16 bits per heavy atom. The summed E-state index contributed by atoms with van der Waals surface area (Å²) in [5, 5.41) is 0. The van der Waals surface area contributed by atoms with Crippen molar-refractivity contribution >= 4 is 5.91 Å². The van der Waals surface area contributed by atoms with Gasteiger partial charge in [0.1, 0.15) is 0 Å². The van der Waals surface area contributed by atoms with Gasteiger partial charge in [0.25, 0.3) is 0 Å². The van der Waals surface area contributed by atoms with Gasteiger partial charge in [-0.1, -0.05) is 6.92 Å². The SMILES string of the molecule is CCN(CC)C(=O)CN1CCN(CC(C)CN)CC1. The zero-order chi connectivity index (χ0) is 14.3. The molecule has 1 heterocycles. The highest BCUT2D eigenvalue weighted by Gasteiger charge is 2.21. The molecule has 1 amide bonds. The second kappa shape index (κ2) is 8.51. The largest absolute Gasteiger partial charge is 0.342 e. The van der Waals surface area contributed by atoms with Gasteiger partial charge in [-0.3, -0.25) is 9.69 Å². The van der Waals surface area contributed by atoms with Gasteiger partial charge in [-0.15, -0.1) is 0 Å². The zero-order valence-electron chi connectivity index (χ0n) is 12.8. The first kappa shape index (κ1) is 16.4. The van der Waals surface area contributed by atoms with Crippen molar-refractivity contribution in [2.45, 2.75) is 20.8 Å². The number of likely N-dealkylation sites (N-methyl/N-ethyl adjacent to an activating group) is 1. The number of hydrogen-bond acceptors (Lipinski definition) is 4. The molecule has 1 aliphatic heterocycles. The summed E-state index contributed by atoms with van der Waals surface area (Å²) in [4.78, 5) is 18.7. The third kappa shape index (κ3) is 5.47. The summed E-state index contributed by atoms with van der Waals surface area (Å²) < 4.78 is 0. The fourth-order valence-corrected chi connectivity index (χ4v) is 2.51. The van der Waals surface area contributed by atoms with Crippen molar-refractivity contribution in [1.29, 1.82) is 0 Å². The monoisotopic (exact) mass is 270 g/mol. The van der Waals surface area contributed by atoms with Crippen LogP contribution in [0, 0.1) is 5.92 Å². The fraction of sp³-hybridized carbons (Fsp3) is 0.929. The predicted octanol–water partition coefficient (Wildman–Crippen LogP) is 0.0672. The number of amides is 1. The van der Waals surface area contributed by atoms with Crippen molar-refractivity contribution in [3.63, 3.8) is 0 Å².